The second-order valence-electron chi connectivity index (χ2n) is 4.95. The lowest BCUT2D eigenvalue weighted by atomic mass is 10.1. The number of aliphatic hydroxyl groups is 1. The molecule has 2 amide bonds. The zero-order chi connectivity index (χ0) is 16.4. The fourth-order valence-corrected chi connectivity index (χ4v) is 1.32. The predicted molar refractivity (Wildman–Crippen MR) is 64.3 cm³/mol. The number of primary amides is 1. The Hall–Kier alpha value is -2.10. The molecule has 10 heteroatoms. The van der Waals surface area contributed by atoms with Crippen molar-refractivity contribution in [3.05, 3.63) is 17.5 Å². The minimum atomic E-state index is -4.64. The van der Waals surface area contributed by atoms with Gasteiger partial charge in [-0.3, -0.25) is 9.59 Å². The van der Waals surface area contributed by atoms with E-state index in [0.717, 1.165) is 0 Å². The zero-order valence-corrected chi connectivity index (χ0v) is 11.3. The number of hydrogen-bond donors (Lipinski definition) is 3. The van der Waals surface area contributed by atoms with E-state index in [-0.39, 0.29) is 6.54 Å². The highest BCUT2D eigenvalue weighted by Gasteiger charge is 2.32. The first kappa shape index (κ1) is 17.0. The molecule has 21 heavy (non-hydrogen) atoms. The van der Waals surface area contributed by atoms with Crippen LogP contribution in [0.25, 0.3) is 0 Å². The maximum Gasteiger partial charge on any atom is 0.408 e. The zero-order valence-electron chi connectivity index (χ0n) is 11.3. The second kappa shape index (κ2) is 5.72. The average Bonchev–Trinajstić information content (AvgIpc) is 2.66. The van der Waals surface area contributed by atoms with Crippen molar-refractivity contribution in [1.82, 2.24) is 15.1 Å². The summed E-state index contributed by atoms with van der Waals surface area (Å²) in [7, 11) is 0. The fraction of sp³-hybridized carbons (Fsp3) is 0.545. The van der Waals surface area contributed by atoms with Crippen LogP contribution in [0.15, 0.2) is 0 Å². The van der Waals surface area contributed by atoms with Gasteiger partial charge in [0, 0.05) is 6.54 Å². The lowest BCUT2D eigenvalue weighted by molar-refractivity contribution is -0.142. The van der Waals surface area contributed by atoms with Gasteiger partial charge in [-0.2, -0.15) is 18.3 Å². The number of amides is 2. The molecule has 1 aromatic heterocycles. The molecule has 0 bridgehead atoms. The summed E-state index contributed by atoms with van der Waals surface area (Å²) in [6.07, 6.45) is -4.64. The minimum absolute atomic E-state index is 0.206. The number of aromatic nitrogens is 2. The Morgan fingerprint density at radius 2 is 2.00 bits per heavy atom. The second-order valence-corrected chi connectivity index (χ2v) is 4.95. The molecule has 7 nitrogen and oxygen atoms in total. The molecule has 0 aliphatic carbocycles. The van der Waals surface area contributed by atoms with Gasteiger partial charge in [0.05, 0.1) is 11.7 Å². The summed E-state index contributed by atoms with van der Waals surface area (Å²) < 4.78 is 37.5. The highest BCUT2D eigenvalue weighted by atomic mass is 19.4. The van der Waals surface area contributed by atoms with Crippen LogP contribution in [0.2, 0.25) is 0 Å². The number of carbonyl (C=O) groups excluding carboxylic acids is 2. The van der Waals surface area contributed by atoms with Crippen LogP contribution in [0.5, 0.6) is 0 Å². The SMILES string of the molecule is CC(C)(O)CNC(=O)c1[c]c(C(N)=O)nn1CC(F)(F)F. The first-order valence-electron chi connectivity index (χ1n) is 5.76. The van der Waals surface area contributed by atoms with Gasteiger partial charge < -0.3 is 16.2 Å². The standard InChI is InChI=1S/C11H14F3N4O3/c1-10(2,21)4-16-9(20)7-3-6(8(15)19)17-18(7)5-11(12,13)14/h21H,4-5H2,1-2H3,(H2,15,19)(H,16,20). The van der Waals surface area contributed by atoms with Gasteiger partial charge in [-0.25, -0.2) is 4.68 Å². The van der Waals surface area contributed by atoms with Crippen molar-refractivity contribution in [2.75, 3.05) is 6.54 Å². The number of nitrogens with one attached hydrogen (secondary N) is 1. The number of halogens is 3. The van der Waals surface area contributed by atoms with Gasteiger partial charge >= 0.3 is 6.18 Å². The highest BCUT2D eigenvalue weighted by Crippen LogP contribution is 2.18. The summed E-state index contributed by atoms with van der Waals surface area (Å²) in [5, 5.41) is 15.0. The van der Waals surface area contributed by atoms with Gasteiger partial charge in [-0.05, 0) is 13.8 Å². The summed E-state index contributed by atoms with van der Waals surface area (Å²) in [5.74, 6) is -2.06. The van der Waals surface area contributed by atoms with E-state index in [0.29, 0.717) is 4.68 Å². The largest absolute Gasteiger partial charge is 0.408 e. The van der Waals surface area contributed by atoms with E-state index in [2.05, 4.69) is 16.5 Å². The maximum atomic E-state index is 12.4. The third-order valence-electron chi connectivity index (χ3n) is 2.17. The molecule has 1 aromatic rings. The molecular weight excluding hydrogens is 293 g/mol. The number of hydrogen-bond acceptors (Lipinski definition) is 4. The fourth-order valence-electron chi connectivity index (χ4n) is 1.32. The van der Waals surface area contributed by atoms with Crippen molar-refractivity contribution in [2.45, 2.75) is 32.2 Å². The normalized spacial score (nSPS) is 12.3. The van der Waals surface area contributed by atoms with Crippen LogP contribution in [0.1, 0.15) is 34.8 Å². The Morgan fingerprint density at radius 3 is 2.43 bits per heavy atom. The summed E-state index contributed by atoms with van der Waals surface area (Å²) in [6.45, 7) is 1.03. The van der Waals surface area contributed by atoms with Gasteiger partial charge in [0.2, 0.25) is 0 Å². The monoisotopic (exact) mass is 307 g/mol. The minimum Gasteiger partial charge on any atom is -0.389 e. The number of nitrogens with zero attached hydrogens (tertiary/aromatic N) is 2. The molecule has 0 aliphatic heterocycles. The van der Waals surface area contributed by atoms with Crippen LogP contribution in [0.4, 0.5) is 13.2 Å². The highest BCUT2D eigenvalue weighted by molar-refractivity contribution is 5.96. The number of nitrogens with two attached hydrogens (primary N) is 1. The molecule has 1 heterocycles. The van der Waals surface area contributed by atoms with Gasteiger partial charge in [-0.15, -0.1) is 0 Å². The summed E-state index contributed by atoms with van der Waals surface area (Å²) in [4.78, 5) is 22.7. The number of carbonyl (C=O) groups is 2. The topological polar surface area (TPSA) is 110 Å². The van der Waals surface area contributed by atoms with Crippen molar-refractivity contribution in [3.63, 3.8) is 0 Å². The molecule has 0 saturated carbocycles. The lowest BCUT2D eigenvalue weighted by Crippen LogP contribution is -2.39. The number of alkyl halides is 3. The molecule has 117 valence electrons. The van der Waals surface area contributed by atoms with Crippen molar-refractivity contribution < 1.29 is 27.9 Å². The van der Waals surface area contributed by atoms with Gasteiger partial charge in [-0.1, -0.05) is 0 Å². The summed E-state index contributed by atoms with van der Waals surface area (Å²) in [6, 6.07) is 2.12. The molecule has 1 radical (unpaired) electrons. The molecule has 0 saturated heterocycles. The molecule has 1 rings (SSSR count). The van der Waals surface area contributed by atoms with E-state index in [4.69, 9.17) is 5.73 Å². The van der Waals surface area contributed by atoms with Gasteiger partial charge in [0.1, 0.15) is 12.2 Å². The van der Waals surface area contributed by atoms with E-state index in [1.165, 1.54) is 13.8 Å². The Labute approximate surface area is 117 Å². The van der Waals surface area contributed by atoms with Crippen LogP contribution in [-0.4, -0.2) is 45.0 Å². The molecule has 0 fully saturated rings. The molecule has 0 unspecified atom stereocenters. The van der Waals surface area contributed by atoms with Crippen molar-refractivity contribution in [2.24, 2.45) is 5.73 Å². The summed E-state index contributed by atoms with van der Waals surface area (Å²) >= 11 is 0. The van der Waals surface area contributed by atoms with E-state index in [1.54, 1.807) is 0 Å². The van der Waals surface area contributed by atoms with Crippen molar-refractivity contribution in [3.8, 4) is 0 Å². The third kappa shape index (κ3) is 5.42. The van der Waals surface area contributed by atoms with E-state index in [9.17, 15) is 27.9 Å². The quantitative estimate of drug-likeness (QED) is 0.702. The molecule has 0 atom stereocenters. The van der Waals surface area contributed by atoms with Gasteiger partial charge in [0.15, 0.2) is 5.69 Å². The Kier molecular flexibility index (Phi) is 4.62. The Balaban J connectivity index is 3.03. The molecule has 0 spiro atoms. The van der Waals surface area contributed by atoms with Crippen LogP contribution in [0, 0.1) is 6.07 Å². The van der Waals surface area contributed by atoms with E-state index >= 15 is 0 Å². The van der Waals surface area contributed by atoms with Crippen molar-refractivity contribution in [1.29, 1.82) is 0 Å². The average molecular weight is 307 g/mol. The van der Waals surface area contributed by atoms with Crippen LogP contribution in [0.3, 0.4) is 0 Å². The van der Waals surface area contributed by atoms with Crippen LogP contribution >= 0.6 is 0 Å². The van der Waals surface area contributed by atoms with E-state index < -0.39 is 41.5 Å². The molecular formula is C11H14F3N4O3. The molecule has 4 N–H and O–H groups in total. The summed E-state index contributed by atoms with van der Waals surface area (Å²) in [5.41, 5.74) is 2.48. The van der Waals surface area contributed by atoms with Crippen molar-refractivity contribution >= 4 is 11.8 Å². The molecule has 0 aliphatic rings. The van der Waals surface area contributed by atoms with Crippen LogP contribution in [-0.2, 0) is 6.54 Å². The van der Waals surface area contributed by atoms with E-state index in [1.807, 2.05) is 0 Å². The first-order valence-corrected chi connectivity index (χ1v) is 5.76. The third-order valence-corrected chi connectivity index (χ3v) is 2.17. The Bertz CT molecular complexity index is 546. The smallest absolute Gasteiger partial charge is 0.389 e. The molecule has 0 aromatic carbocycles. The Morgan fingerprint density at radius 1 is 1.43 bits per heavy atom. The lowest BCUT2D eigenvalue weighted by Gasteiger charge is -2.17. The predicted octanol–water partition coefficient (Wildman–Crippen LogP) is -0.155. The first-order chi connectivity index (χ1) is 9.39. The maximum absolute atomic E-state index is 12.4. The van der Waals surface area contributed by atoms with Crippen LogP contribution < -0.4 is 11.1 Å². The number of rotatable bonds is 5. The van der Waals surface area contributed by atoms with Gasteiger partial charge in [0.25, 0.3) is 11.8 Å².